The molecule has 0 saturated carbocycles. The standard InChI is InChI=1S/C4H7Cl2N/c1-7-3-2-4(5)6/h2,7H,3H2,1H3. The molecule has 3 heteroatoms. The average molecular weight is 140 g/mol. The lowest BCUT2D eigenvalue weighted by molar-refractivity contribution is 0.920. The fraction of sp³-hybridized carbons (Fsp3) is 0.500. The summed E-state index contributed by atoms with van der Waals surface area (Å²) in [6, 6.07) is 0. The summed E-state index contributed by atoms with van der Waals surface area (Å²) in [5.41, 5.74) is 0. The van der Waals surface area contributed by atoms with Crippen LogP contribution in [0.3, 0.4) is 0 Å². The smallest absolute Gasteiger partial charge is 0.104 e. The second-order valence-electron chi connectivity index (χ2n) is 1.05. The van der Waals surface area contributed by atoms with Gasteiger partial charge in [0.2, 0.25) is 0 Å². The predicted molar refractivity (Wildman–Crippen MR) is 33.7 cm³/mol. The minimum atomic E-state index is 0.314. The fourth-order valence-electron chi connectivity index (χ4n) is 0.179. The van der Waals surface area contributed by atoms with Crippen molar-refractivity contribution in [1.29, 1.82) is 0 Å². The number of halogens is 2. The van der Waals surface area contributed by atoms with Crippen LogP contribution < -0.4 is 5.32 Å². The molecule has 7 heavy (non-hydrogen) atoms. The van der Waals surface area contributed by atoms with Crippen LogP contribution in [0.1, 0.15) is 0 Å². The molecule has 0 atom stereocenters. The van der Waals surface area contributed by atoms with Crippen molar-refractivity contribution >= 4 is 23.2 Å². The third-order valence-corrected chi connectivity index (χ3v) is 0.769. The molecule has 0 aromatic carbocycles. The zero-order valence-electron chi connectivity index (χ0n) is 4.04. The average Bonchev–Trinajstić information content (AvgIpc) is 1.61. The Kier molecular flexibility index (Phi) is 4.62. The monoisotopic (exact) mass is 139 g/mol. The van der Waals surface area contributed by atoms with Crippen LogP contribution in [-0.4, -0.2) is 13.6 Å². The highest BCUT2D eigenvalue weighted by Crippen LogP contribution is 2.03. The molecule has 0 aliphatic carbocycles. The Labute approximate surface area is 53.3 Å². The largest absolute Gasteiger partial charge is 0.316 e. The van der Waals surface area contributed by atoms with Crippen molar-refractivity contribution in [3.8, 4) is 0 Å². The molecular weight excluding hydrogens is 133 g/mol. The first kappa shape index (κ1) is 7.28. The van der Waals surface area contributed by atoms with Crippen LogP contribution in [0.4, 0.5) is 0 Å². The Morgan fingerprint density at radius 1 is 1.71 bits per heavy atom. The molecule has 42 valence electrons. The molecule has 0 radical (unpaired) electrons. The highest BCUT2D eigenvalue weighted by atomic mass is 35.5. The third-order valence-electron chi connectivity index (χ3n) is 0.460. The number of rotatable bonds is 2. The van der Waals surface area contributed by atoms with E-state index in [1.165, 1.54) is 0 Å². The van der Waals surface area contributed by atoms with Crippen molar-refractivity contribution in [1.82, 2.24) is 5.32 Å². The molecule has 0 heterocycles. The molecule has 0 aromatic rings. The highest BCUT2D eigenvalue weighted by molar-refractivity contribution is 6.55. The van der Waals surface area contributed by atoms with Gasteiger partial charge in [0, 0.05) is 6.54 Å². The summed E-state index contributed by atoms with van der Waals surface area (Å²) in [4.78, 5) is 0. The van der Waals surface area contributed by atoms with Gasteiger partial charge in [-0.25, -0.2) is 0 Å². The van der Waals surface area contributed by atoms with E-state index in [9.17, 15) is 0 Å². The van der Waals surface area contributed by atoms with E-state index < -0.39 is 0 Å². The van der Waals surface area contributed by atoms with Crippen LogP contribution in [0.5, 0.6) is 0 Å². The van der Waals surface area contributed by atoms with Crippen LogP contribution in [0.25, 0.3) is 0 Å². The zero-order valence-corrected chi connectivity index (χ0v) is 5.55. The first-order valence-electron chi connectivity index (χ1n) is 1.93. The topological polar surface area (TPSA) is 12.0 Å². The SMILES string of the molecule is CNCC=C(Cl)Cl. The van der Waals surface area contributed by atoms with E-state index in [0.29, 0.717) is 4.49 Å². The quantitative estimate of drug-likeness (QED) is 0.613. The van der Waals surface area contributed by atoms with E-state index >= 15 is 0 Å². The minimum Gasteiger partial charge on any atom is -0.316 e. The molecule has 0 saturated heterocycles. The van der Waals surface area contributed by atoms with Crippen molar-refractivity contribution in [3.63, 3.8) is 0 Å². The Hall–Kier alpha value is 0.280. The molecule has 0 aromatic heterocycles. The number of hydrogen-bond donors (Lipinski definition) is 1. The Morgan fingerprint density at radius 2 is 2.29 bits per heavy atom. The zero-order chi connectivity index (χ0) is 5.70. The third kappa shape index (κ3) is 6.28. The summed E-state index contributed by atoms with van der Waals surface area (Å²) in [7, 11) is 1.83. The van der Waals surface area contributed by atoms with Crippen LogP contribution >= 0.6 is 23.2 Å². The molecule has 0 rings (SSSR count). The van der Waals surface area contributed by atoms with E-state index in [0.717, 1.165) is 6.54 Å². The second kappa shape index (κ2) is 4.44. The second-order valence-corrected chi connectivity index (χ2v) is 2.06. The van der Waals surface area contributed by atoms with Crippen molar-refractivity contribution < 1.29 is 0 Å². The summed E-state index contributed by atoms with van der Waals surface area (Å²) >= 11 is 10.5. The summed E-state index contributed by atoms with van der Waals surface area (Å²) < 4.78 is 0.314. The van der Waals surface area contributed by atoms with Gasteiger partial charge in [0.15, 0.2) is 0 Å². The van der Waals surface area contributed by atoms with Crippen molar-refractivity contribution in [3.05, 3.63) is 10.6 Å². The molecule has 0 unspecified atom stereocenters. The van der Waals surface area contributed by atoms with Gasteiger partial charge >= 0.3 is 0 Å². The van der Waals surface area contributed by atoms with Gasteiger partial charge in [-0.05, 0) is 13.1 Å². The Balaban J connectivity index is 3.08. The van der Waals surface area contributed by atoms with Gasteiger partial charge in [0.1, 0.15) is 4.49 Å². The van der Waals surface area contributed by atoms with Crippen molar-refractivity contribution in [2.24, 2.45) is 0 Å². The van der Waals surface area contributed by atoms with Crippen molar-refractivity contribution in [2.75, 3.05) is 13.6 Å². The van der Waals surface area contributed by atoms with Gasteiger partial charge in [0.25, 0.3) is 0 Å². The number of hydrogen-bond acceptors (Lipinski definition) is 1. The first-order chi connectivity index (χ1) is 3.27. The van der Waals surface area contributed by atoms with Crippen molar-refractivity contribution in [2.45, 2.75) is 0 Å². The van der Waals surface area contributed by atoms with Gasteiger partial charge in [-0.15, -0.1) is 0 Å². The molecule has 0 amide bonds. The lowest BCUT2D eigenvalue weighted by atomic mass is 10.6. The lowest BCUT2D eigenvalue weighted by Crippen LogP contribution is -2.03. The fourth-order valence-corrected chi connectivity index (χ4v) is 0.334. The predicted octanol–water partition coefficient (Wildman–Crippen LogP) is 1.52. The highest BCUT2D eigenvalue weighted by Gasteiger charge is 1.77. The molecule has 0 aliphatic heterocycles. The number of likely N-dealkylation sites (N-methyl/N-ethyl adjacent to an activating group) is 1. The normalized spacial score (nSPS) is 8.43. The number of nitrogens with one attached hydrogen (secondary N) is 1. The molecular formula is C4H7Cl2N. The van der Waals surface area contributed by atoms with Gasteiger partial charge in [-0.1, -0.05) is 23.2 Å². The molecule has 1 N–H and O–H groups in total. The summed E-state index contributed by atoms with van der Waals surface area (Å²) in [6.45, 7) is 0.725. The maximum atomic E-state index is 5.24. The summed E-state index contributed by atoms with van der Waals surface area (Å²) in [5.74, 6) is 0. The van der Waals surface area contributed by atoms with E-state index in [2.05, 4.69) is 5.32 Å². The van der Waals surface area contributed by atoms with Gasteiger partial charge in [-0.3, -0.25) is 0 Å². The molecule has 1 nitrogen and oxygen atoms in total. The maximum Gasteiger partial charge on any atom is 0.104 e. The Morgan fingerprint density at radius 3 is 2.43 bits per heavy atom. The van der Waals surface area contributed by atoms with Gasteiger partial charge in [-0.2, -0.15) is 0 Å². The van der Waals surface area contributed by atoms with E-state index in [1.54, 1.807) is 6.08 Å². The Bertz CT molecular complexity index is 66.1. The lowest BCUT2D eigenvalue weighted by Gasteiger charge is -1.84. The van der Waals surface area contributed by atoms with Gasteiger partial charge in [0.05, 0.1) is 0 Å². The molecule has 0 fully saturated rings. The van der Waals surface area contributed by atoms with Crippen LogP contribution in [0.15, 0.2) is 10.6 Å². The summed E-state index contributed by atoms with van der Waals surface area (Å²) in [5, 5.41) is 2.85. The summed E-state index contributed by atoms with van der Waals surface area (Å²) in [6.07, 6.45) is 1.68. The minimum absolute atomic E-state index is 0.314. The van der Waals surface area contributed by atoms with E-state index in [4.69, 9.17) is 23.2 Å². The first-order valence-corrected chi connectivity index (χ1v) is 2.68. The van der Waals surface area contributed by atoms with Crippen LogP contribution in [-0.2, 0) is 0 Å². The van der Waals surface area contributed by atoms with E-state index in [1.807, 2.05) is 7.05 Å². The molecule has 0 bridgehead atoms. The van der Waals surface area contributed by atoms with E-state index in [-0.39, 0.29) is 0 Å². The molecule has 0 spiro atoms. The van der Waals surface area contributed by atoms with Crippen LogP contribution in [0, 0.1) is 0 Å². The molecule has 0 aliphatic rings. The van der Waals surface area contributed by atoms with Gasteiger partial charge < -0.3 is 5.32 Å². The van der Waals surface area contributed by atoms with Crippen LogP contribution in [0.2, 0.25) is 0 Å². The maximum absolute atomic E-state index is 5.24.